The van der Waals surface area contributed by atoms with Crippen molar-refractivity contribution in [3.63, 3.8) is 0 Å². The highest BCUT2D eigenvalue weighted by molar-refractivity contribution is 9.10. The fourth-order valence-electron chi connectivity index (χ4n) is 2.88. The van der Waals surface area contributed by atoms with E-state index in [0.29, 0.717) is 5.75 Å². The normalized spacial score (nSPS) is 10.4. The Kier molecular flexibility index (Phi) is 5.74. The zero-order chi connectivity index (χ0) is 18.5. The number of nitrogens with one attached hydrogen (secondary N) is 1. The third-order valence-corrected chi connectivity index (χ3v) is 4.55. The molecule has 26 heavy (non-hydrogen) atoms. The molecule has 0 aliphatic carbocycles. The lowest BCUT2D eigenvalue weighted by molar-refractivity contribution is -0.118. The molecule has 0 saturated carbocycles. The Morgan fingerprint density at radius 3 is 2.27 bits per heavy atom. The van der Waals surface area contributed by atoms with Gasteiger partial charge in [0.05, 0.1) is 0 Å². The van der Waals surface area contributed by atoms with Crippen molar-refractivity contribution in [1.82, 2.24) is 0 Å². The Morgan fingerprint density at radius 1 is 0.962 bits per heavy atom. The highest BCUT2D eigenvalue weighted by Crippen LogP contribution is 2.29. The molecule has 0 saturated heterocycles. The molecule has 3 aromatic carbocycles. The number of amides is 1. The minimum atomic E-state index is -0.179. The lowest BCUT2D eigenvalue weighted by atomic mass is 10.1. The maximum Gasteiger partial charge on any atom is 0.262 e. The minimum absolute atomic E-state index is 0.0429. The van der Waals surface area contributed by atoms with Gasteiger partial charge < -0.3 is 10.1 Å². The van der Waals surface area contributed by atoms with Crippen molar-refractivity contribution >= 4 is 27.5 Å². The van der Waals surface area contributed by atoms with Crippen molar-refractivity contribution in [2.75, 3.05) is 11.9 Å². The van der Waals surface area contributed by atoms with Crippen LogP contribution in [-0.2, 0) is 4.79 Å². The highest BCUT2D eigenvalue weighted by atomic mass is 79.9. The highest BCUT2D eigenvalue weighted by Gasteiger charge is 2.11. The summed E-state index contributed by atoms with van der Waals surface area (Å²) in [6.45, 7) is 3.90. The van der Waals surface area contributed by atoms with Crippen molar-refractivity contribution < 1.29 is 9.53 Å². The lowest BCUT2D eigenvalue weighted by Crippen LogP contribution is -2.21. The van der Waals surface area contributed by atoms with Crippen LogP contribution in [0.3, 0.4) is 0 Å². The van der Waals surface area contributed by atoms with Gasteiger partial charge in [0.2, 0.25) is 0 Å². The smallest absolute Gasteiger partial charge is 0.262 e. The Hall–Kier alpha value is -2.59. The number of carbonyl (C=O) groups excluding carboxylic acids is 1. The summed E-state index contributed by atoms with van der Waals surface area (Å²) in [5.41, 5.74) is 4.88. The van der Waals surface area contributed by atoms with Gasteiger partial charge in [-0.3, -0.25) is 4.79 Å². The molecule has 0 bridgehead atoms. The molecule has 3 rings (SSSR count). The van der Waals surface area contributed by atoms with Gasteiger partial charge >= 0.3 is 0 Å². The Labute approximate surface area is 162 Å². The van der Waals surface area contributed by atoms with Gasteiger partial charge in [-0.2, -0.15) is 0 Å². The van der Waals surface area contributed by atoms with Crippen molar-refractivity contribution in [3.05, 3.63) is 82.3 Å². The molecule has 3 aromatic rings. The number of benzene rings is 3. The molecule has 0 fully saturated rings. The summed E-state index contributed by atoms with van der Waals surface area (Å²) < 4.78 is 6.81. The Bertz CT molecular complexity index is 899. The largest absolute Gasteiger partial charge is 0.483 e. The molecule has 0 heterocycles. The van der Waals surface area contributed by atoms with E-state index < -0.39 is 0 Å². The van der Waals surface area contributed by atoms with Crippen LogP contribution in [0.5, 0.6) is 5.75 Å². The van der Waals surface area contributed by atoms with E-state index >= 15 is 0 Å². The number of rotatable bonds is 5. The standard InChI is InChI=1S/C22H20BrNO2/c1-15-12-18(23)13-16(2)22(15)24-21(25)14-26-20-11-7-6-10-19(20)17-8-4-3-5-9-17/h3-13H,14H2,1-2H3,(H,24,25). The number of carbonyl (C=O) groups is 1. The second-order valence-corrected chi connectivity index (χ2v) is 7.03. The summed E-state index contributed by atoms with van der Waals surface area (Å²) in [6.07, 6.45) is 0. The second-order valence-electron chi connectivity index (χ2n) is 6.11. The second kappa shape index (κ2) is 8.19. The van der Waals surface area contributed by atoms with Gasteiger partial charge in [-0.15, -0.1) is 0 Å². The average Bonchev–Trinajstić information content (AvgIpc) is 2.64. The minimum Gasteiger partial charge on any atom is -0.483 e. The van der Waals surface area contributed by atoms with E-state index in [4.69, 9.17) is 4.74 Å². The van der Waals surface area contributed by atoms with Crippen molar-refractivity contribution in [2.24, 2.45) is 0 Å². The molecule has 0 radical (unpaired) electrons. The summed E-state index contributed by atoms with van der Waals surface area (Å²) in [4.78, 5) is 12.4. The van der Waals surface area contributed by atoms with Gasteiger partial charge in [-0.05, 0) is 48.7 Å². The van der Waals surface area contributed by atoms with Crippen LogP contribution >= 0.6 is 15.9 Å². The van der Waals surface area contributed by atoms with Crippen molar-refractivity contribution in [3.8, 4) is 16.9 Å². The van der Waals surface area contributed by atoms with Crippen LogP contribution in [0.15, 0.2) is 71.2 Å². The van der Waals surface area contributed by atoms with Crippen LogP contribution in [0.25, 0.3) is 11.1 Å². The fourth-order valence-corrected chi connectivity index (χ4v) is 3.56. The first-order valence-electron chi connectivity index (χ1n) is 8.38. The van der Waals surface area contributed by atoms with Gasteiger partial charge in [0, 0.05) is 15.7 Å². The van der Waals surface area contributed by atoms with E-state index in [2.05, 4.69) is 21.2 Å². The maximum absolute atomic E-state index is 12.4. The molecule has 0 aromatic heterocycles. The molecule has 0 unspecified atom stereocenters. The summed E-state index contributed by atoms with van der Waals surface area (Å²) >= 11 is 3.47. The van der Waals surface area contributed by atoms with Gasteiger partial charge in [0.15, 0.2) is 6.61 Å². The molecule has 132 valence electrons. The molecular formula is C22H20BrNO2. The van der Waals surface area contributed by atoms with Crippen molar-refractivity contribution in [2.45, 2.75) is 13.8 Å². The average molecular weight is 410 g/mol. The van der Waals surface area contributed by atoms with Crippen LogP contribution in [0, 0.1) is 13.8 Å². The van der Waals surface area contributed by atoms with Gasteiger partial charge in [0.25, 0.3) is 5.91 Å². The van der Waals surface area contributed by atoms with E-state index in [1.54, 1.807) is 0 Å². The predicted octanol–water partition coefficient (Wildman–Crippen LogP) is 5.75. The van der Waals surface area contributed by atoms with Gasteiger partial charge in [-0.25, -0.2) is 0 Å². The lowest BCUT2D eigenvalue weighted by Gasteiger charge is -2.14. The number of hydrogen-bond donors (Lipinski definition) is 1. The summed E-state index contributed by atoms with van der Waals surface area (Å²) in [5, 5.41) is 2.95. The molecule has 0 atom stereocenters. The number of aryl methyl sites for hydroxylation is 2. The summed E-state index contributed by atoms with van der Waals surface area (Å²) in [6, 6.07) is 21.7. The molecule has 4 heteroatoms. The topological polar surface area (TPSA) is 38.3 Å². The van der Waals surface area contributed by atoms with Crippen LogP contribution in [-0.4, -0.2) is 12.5 Å². The van der Waals surface area contributed by atoms with Crippen molar-refractivity contribution in [1.29, 1.82) is 0 Å². The van der Waals surface area contributed by atoms with E-state index in [1.165, 1.54) is 0 Å². The molecule has 3 nitrogen and oxygen atoms in total. The van der Waals surface area contributed by atoms with Crippen LogP contribution < -0.4 is 10.1 Å². The number of hydrogen-bond acceptors (Lipinski definition) is 2. The number of para-hydroxylation sites is 1. The number of anilines is 1. The van der Waals surface area contributed by atoms with Crippen LogP contribution in [0.2, 0.25) is 0 Å². The monoisotopic (exact) mass is 409 g/mol. The first-order valence-corrected chi connectivity index (χ1v) is 9.18. The fraction of sp³-hybridized carbons (Fsp3) is 0.136. The number of halogens is 1. The third kappa shape index (κ3) is 4.33. The molecule has 1 N–H and O–H groups in total. The van der Waals surface area contributed by atoms with E-state index in [-0.39, 0.29) is 12.5 Å². The third-order valence-electron chi connectivity index (χ3n) is 4.09. The maximum atomic E-state index is 12.4. The zero-order valence-corrected chi connectivity index (χ0v) is 16.3. The van der Waals surface area contributed by atoms with E-state index in [1.807, 2.05) is 80.6 Å². The first kappa shape index (κ1) is 18.2. The Morgan fingerprint density at radius 2 is 1.58 bits per heavy atom. The van der Waals surface area contributed by atoms with Crippen LogP contribution in [0.4, 0.5) is 5.69 Å². The molecule has 0 spiro atoms. The van der Waals surface area contributed by atoms with E-state index in [0.717, 1.165) is 32.4 Å². The van der Waals surface area contributed by atoms with Gasteiger partial charge in [0.1, 0.15) is 5.75 Å². The molecule has 0 aliphatic rings. The summed E-state index contributed by atoms with van der Waals surface area (Å²) in [5.74, 6) is 0.513. The molecule has 0 aliphatic heterocycles. The zero-order valence-electron chi connectivity index (χ0n) is 14.8. The SMILES string of the molecule is Cc1cc(Br)cc(C)c1NC(=O)COc1ccccc1-c1ccccc1. The van der Waals surface area contributed by atoms with Crippen LogP contribution in [0.1, 0.15) is 11.1 Å². The molecular weight excluding hydrogens is 390 g/mol. The Balaban J connectivity index is 1.72. The quantitative estimate of drug-likeness (QED) is 0.582. The number of ether oxygens (including phenoxy) is 1. The van der Waals surface area contributed by atoms with E-state index in [9.17, 15) is 4.79 Å². The summed E-state index contributed by atoms with van der Waals surface area (Å²) in [7, 11) is 0. The van der Waals surface area contributed by atoms with Gasteiger partial charge in [-0.1, -0.05) is 64.5 Å². The molecule has 1 amide bonds. The first-order chi connectivity index (χ1) is 12.5. The predicted molar refractivity (Wildman–Crippen MR) is 110 cm³/mol.